The molecule has 0 aliphatic heterocycles. The lowest BCUT2D eigenvalue weighted by atomic mass is 10.2. The zero-order valence-electron chi connectivity index (χ0n) is 18.2. The van der Waals surface area contributed by atoms with Crippen LogP contribution in [0, 0.1) is 0 Å². The third-order valence-corrected chi connectivity index (χ3v) is 4.86. The smallest absolute Gasteiger partial charge is 0.338 e. The number of fused-ring (bicyclic) bond motifs is 1. The molecule has 2 heterocycles. The van der Waals surface area contributed by atoms with E-state index in [1.807, 2.05) is 24.3 Å². The van der Waals surface area contributed by atoms with Crippen molar-refractivity contribution in [1.29, 1.82) is 0 Å². The Labute approximate surface area is 190 Å². The fourth-order valence-electron chi connectivity index (χ4n) is 3.19. The average Bonchev–Trinajstić information content (AvgIpc) is 3.27. The molecule has 2 N–H and O–H groups in total. The number of rotatable bonds is 8. The van der Waals surface area contributed by atoms with Crippen molar-refractivity contribution >= 4 is 29.0 Å². The van der Waals surface area contributed by atoms with Gasteiger partial charge in [0.05, 0.1) is 25.5 Å². The van der Waals surface area contributed by atoms with Gasteiger partial charge in [-0.2, -0.15) is 0 Å². The van der Waals surface area contributed by atoms with Crippen LogP contribution in [-0.4, -0.2) is 40.2 Å². The second kappa shape index (κ2) is 9.82. The Morgan fingerprint density at radius 2 is 1.88 bits per heavy atom. The Morgan fingerprint density at radius 3 is 2.64 bits per heavy atom. The molecule has 4 rings (SSSR count). The van der Waals surface area contributed by atoms with E-state index in [1.54, 1.807) is 50.4 Å². The van der Waals surface area contributed by atoms with Gasteiger partial charge in [0.1, 0.15) is 11.6 Å². The van der Waals surface area contributed by atoms with Crippen LogP contribution < -0.4 is 15.4 Å². The fourth-order valence-corrected chi connectivity index (χ4v) is 3.19. The molecule has 9 heteroatoms. The summed E-state index contributed by atoms with van der Waals surface area (Å²) in [5.41, 5.74) is 2.68. The lowest BCUT2D eigenvalue weighted by Crippen LogP contribution is -2.16. The predicted molar refractivity (Wildman–Crippen MR) is 124 cm³/mol. The van der Waals surface area contributed by atoms with Crippen LogP contribution in [0.4, 0.5) is 11.5 Å². The van der Waals surface area contributed by atoms with Crippen LogP contribution in [0.5, 0.6) is 5.75 Å². The van der Waals surface area contributed by atoms with Crippen molar-refractivity contribution in [2.24, 2.45) is 0 Å². The summed E-state index contributed by atoms with van der Waals surface area (Å²) >= 11 is 0. The van der Waals surface area contributed by atoms with Crippen molar-refractivity contribution in [2.45, 2.75) is 13.5 Å². The number of amides is 1. The number of carbonyl (C=O) groups excluding carboxylic acids is 2. The van der Waals surface area contributed by atoms with Gasteiger partial charge in [0.2, 0.25) is 0 Å². The first-order chi connectivity index (χ1) is 16.1. The number of methoxy groups -OCH3 is 1. The Kier molecular flexibility index (Phi) is 6.49. The quantitative estimate of drug-likeness (QED) is 0.398. The molecule has 0 saturated carbocycles. The highest BCUT2D eigenvalue weighted by Crippen LogP contribution is 2.16. The summed E-state index contributed by atoms with van der Waals surface area (Å²) in [5, 5.41) is 10.5. The highest BCUT2D eigenvalue weighted by atomic mass is 16.5. The second-order valence-corrected chi connectivity index (χ2v) is 7.09. The zero-order chi connectivity index (χ0) is 23.2. The van der Waals surface area contributed by atoms with E-state index in [1.165, 1.54) is 10.7 Å². The summed E-state index contributed by atoms with van der Waals surface area (Å²) in [7, 11) is 1.63. The third-order valence-electron chi connectivity index (χ3n) is 4.86. The van der Waals surface area contributed by atoms with Crippen LogP contribution in [-0.2, 0) is 11.3 Å². The second-order valence-electron chi connectivity index (χ2n) is 7.09. The van der Waals surface area contributed by atoms with Crippen LogP contribution in [0.25, 0.3) is 5.65 Å². The van der Waals surface area contributed by atoms with Gasteiger partial charge in [0.25, 0.3) is 5.91 Å². The van der Waals surface area contributed by atoms with E-state index in [-0.39, 0.29) is 12.3 Å². The monoisotopic (exact) mass is 445 g/mol. The maximum Gasteiger partial charge on any atom is 0.338 e. The van der Waals surface area contributed by atoms with E-state index in [0.717, 1.165) is 11.3 Å². The van der Waals surface area contributed by atoms with Crippen LogP contribution in [0.3, 0.4) is 0 Å². The summed E-state index contributed by atoms with van der Waals surface area (Å²) in [4.78, 5) is 29.1. The molecule has 4 aromatic rings. The first-order valence-corrected chi connectivity index (χ1v) is 10.4. The Hall–Kier alpha value is -4.40. The molecule has 0 saturated heterocycles. The molecule has 2 aromatic carbocycles. The standard InChI is InChI=1S/C24H23N5O4/c1-3-33-24(31)17-5-4-6-18(13-17)27-23(30)20-15-26-22-12-11-21(28-29(20)22)25-14-16-7-9-19(32-2)10-8-16/h4-13,15H,3,14H2,1-2H3,(H,25,28)(H,27,30). The van der Waals surface area contributed by atoms with Gasteiger partial charge in [-0.1, -0.05) is 18.2 Å². The lowest BCUT2D eigenvalue weighted by Gasteiger charge is -2.09. The van der Waals surface area contributed by atoms with E-state index >= 15 is 0 Å². The van der Waals surface area contributed by atoms with Gasteiger partial charge in [-0.3, -0.25) is 4.79 Å². The third kappa shape index (κ3) is 5.09. The average molecular weight is 445 g/mol. The molecular weight excluding hydrogens is 422 g/mol. The molecular formula is C24H23N5O4. The minimum atomic E-state index is -0.447. The van der Waals surface area contributed by atoms with E-state index in [4.69, 9.17) is 9.47 Å². The number of nitrogens with zero attached hydrogens (tertiary/aromatic N) is 3. The van der Waals surface area contributed by atoms with Gasteiger partial charge >= 0.3 is 5.97 Å². The molecule has 168 valence electrons. The molecule has 0 fully saturated rings. The summed E-state index contributed by atoms with van der Waals surface area (Å²) in [5.74, 6) is 0.538. The molecule has 0 radical (unpaired) electrons. The first kappa shape index (κ1) is 21.8. The number of ether oxygens (including phenoxy) is 2. The van der Waals surface area contributed by atoms with E-state index in [2.05, 4.69) is 20.7 Å². The largest absolute Gasteiger partial charge is 0.497 e. The maximum atomic E-state index is 12.9. The van der Waals surface area contributed by atoms with Crippen molar-refractivity contribution in [3.63, 3.8) is 0 Å². The SMILES string of the molecule is CCOC(=O)c1cccc(NC(=O)c2cnc3ccc(NCc4ccc(OC)cc4)nn23)c1. The topological polar surface area (TPSA) is 107 Å². The first-order valence-electron chi connectivity index (χ1n) is 10.4. The number of anilines is 2. The summed E-state index contributed by atoms with van der Waals surface area (Å²) < 4.78 is 11.7. The maximum absolute atomic E-state index is 12.9. The molecule has 0 spiro atoms. The van der Waals surface area contributed by atoms with Gasteiger partial charge in [-0.25, -0.2) is 14.3 Å². The Morgan fingerprint density at radius 1 is 1.06 bits per heavy atom. The summed E-state index contributed by atoms with van der Waals surface area (Å²) in [6.45, 7) is 2.57. The summed E-state index contributed by atoms with van der Waals surface area (Å²) in [6, 6.07) is 17.9. The van der Waals surface area contributed by atoms with Crippen LogP contribution >= 0.6 is 0 Å². The number of aromatic nitrogens is 3. The molecule has 0 atom stereocenters. The minimum Gasteiger partial charge on any atom is -0.497 e. The van der Waals surface area contributed by atoms with Gasteiger partial charge in [-0.15, -0.1) is 5.10 Å². The number of nitrogens with one attached hydrogen (secondary N) is 2. The van der Waals surface area contributed by atoms with Gasteiger partial charge in [-0.05, 0) is 55.0 Å². The minimum absolute atomic E-state index is 0.264. The van der Waals surface area contributed by atoms with E-state index in [0.29, 0.717) is 29.3 Å². The molecule has 0 bridgehead atoms. The summed E-state index contributed by atoms with van der Waals surface area (Å²) in [6.07, 6.45) is 1.46. The van der Waals surface area contributed by atoms with Crippen molar-refractivity contribution in [1.82, 2.24) is 14.6 Å². The predicted octanol–water partition coefficient (Wildman–Crippen LogP) is 3.78. The highest BCUT2D eigenvalue weighted by Gasteiger charge is 2.15. The van der Waals surface area contributed by atoms with Crippen molar-refractivity contribution < 1.29 is 19.1 Å². The van der Waals surface area contributed by atoms with Crippen LogP contribution in [0.1, 0.15) is 33.3 Å². The van der Waals surface area contributed by atoms with E-state index < -0.39 is 11.9 Å². The zero-order valence-corrected chi connectivity index (χ0v) is 18.2. The Bertz CT molecular complexity index is 1280. The van der Waals surface area contributed by atoms with E-state index in [9.17, 15) is 9.59 Å². The number of carbonyl (C=O) groups is 2. The van der Waals surface area contributed by atoms with Gasteiger partial charge < -0.3 is 20.1 Å². The lowest BCUT2D eigenvalue weighted by molar-refractivity contribution is 0.0526. The highest BCUT2D eigenvalue weighted by molar-refractivity contribution is 6.04. The molecule has 0 unspecified atom stereocenters. The normalized spacial score (nSPS) is 10.6. The molecule has 1 amide bonds. The molecule has 0 aliphatic rings. The van der Waals surface area contributed by atoms with Gasteiger partial charge in [0.15, 0.2) is 11.3 Å². The molecule has 2 aromatic heterocycles. The number of imidazole rings is 1. The van der Waals surface area contributed by atoms with Crippen molar-refractivity contribution in [3.8, 4) is 5.75 Å². The van der Waals surface area contributed by atoms with Crippen LogP contribution in [0.2, 0.25) is 0 Å². The number of benzene rings is 2. The number of esters is 1. The number of hydrogen-bond acceptors (Lipinski definition) is 7. The Balaban J connectivity index is 1.49. The van der Waals surface area contributed by atoms with Gasteiger partial charge in [0, 0.05) is 12.2 Å². The van der Waals surface area contributed by atoms with Crippen molar-refractivity contribution in [2.75, 3.05) is 24.4 Å². The molecule has 9 nitrogen and oxygen atoms in total. The fraction of sp³-hybridized carbons (Fsp3) is 0.167. The molecule has 0 aliphatic carbocycles. The molecule has 33 heavy (non-hydrogen) atoms. The van der Waals surface area contributed by atoms with Crippen molar-refractivity contribution in [3.05, 3.63) is 83.7 Å². The van der Waals surface area contributed by atoms with Crippen LogP contribution in [0.15, 0.2) is 66.9 Å². The number of hydrogen-bond donors (Lipinski definition) is 2.